The molecule has 1 atom stereocenters. The molecule has 0 aromatic carbocycles. The molecule has 0 rings (SSSR count). The van der Waals surface area contributed by atoms with Crippen molar-refractivity contribution in [1.82, 2.24) is 0 Å². The molecule has 0 saturated carbocycles. The number of carbonyl (C=O) groups is 3. The lowest BCUT2D eigenvalue weighted by molar-refractivity contribution is -0.166. The van der Waals surface area contributed by atoms with Crippen LogP contribution in [0, 0.1) is 0 Å². The predicted octanol–water partition coefficient (Wildman–Crippen LogP) is 22.1. The third-order valence-electron chi connectivity index (χ3n) is 13.0. The highest BCUT2D eigenvalue weighted by Crippen LogP contribution is 2.15. The largest absolute Gasteiger partial charge is 0.462 e. The molecule has 0 fully saturated rings. The van der Waals surface area contributed by atoms with Crippen molar-refractivity contribution in [1.29, 1.82) is 0 Å². The zero-order valence-electron chi connectivity index (χ0n) is 50.8. The summed E-state index contributed by atoms with van der Waals surface area (Å²) in [6, 6.07) is 0. The van der Waals surface area contributed by atoms with Crippen molar-refractivity contribution in [3.8, 4) is 0 Å². The van der Waals surface area contributed by atoms with E-state index in [1.165, 1.54) is 89.9 Å². The van der Waals surface area contributed by atoms with Crippen LogP contribution in [0.3, 0.4) is 0 Å². The second-order valence-electron chi connectivity index (χ2n) is 20.6. The lowest BCUT2D eigenvalue weighted by atomic mass is 10.0. The standard InChI is InChI=1S/C73H116O6/c1-4-7-10-13-16-19-22-25-28-31-33-34-35-36-37-38-40-42-45-48-51-54-57-60-63-66-72(75)78-69-70(68-77-71(74)65-62-59-56-53-50-47-44-41-30-27-24-21-18-15-12-9-6-3)79-73(76)67-64-61-58-55-52-49-46-43-39-32-29-26-23-20-17-14-11-8-5-2/h7-8,10-11,16-17,19-20,25-26,28-29,33-34,36-37,39-40,42-43,48-49,51-52,58,61,70H,4-6,9,12-15,18,21-24,27,30-32,35,38,41,44-47,50,53-57,59-60,62-69H2,1-3H3/b10-7-,11-8-,19-16-,20-17-,28-25-,29-26-,34-33-,37-36-,42-40-,43-39-,51-48-,52-49-,61-58-. The van der Waals surface area contributed by atoms with Gasteiger partial charge in [0, 0.05) is 19.3 Å². The van der Waals surface area contributed by atoms with Gasteiger partial charge in [0.25, 0.3) is 0 Å². The SMILES string of the molecule is CC/C=C\C/C=C\C/C=C\C/C=C\C/C=C\C/C=C\C/C=C\CCCCCC(=O)OCC(COC(=O)CCCCCCCCCCCCCCCCCCC)OC(=O)CC/C=C\C/C=C\C/C=C\C/C=C\C/C=C\C/C=C\CC. The quantitative estimate of drug-likeness (QED) is 0.0261. The number of hydrogen-bond donors (Lipinski definition) is 0. The smallest absolute Gasteiger partial charge is 0.306 e. The highest BCUT2D eigenvalue weighted by Gasteiger charge is 2.19. The summed E-state index contributed by atoms with van der Waals surface area (Å²) in [7, 11) is 0. The monoisotopic (exact) mass is 1090 g/mol. The first kappa shape index (κ1) is 74.0. The first-order valence-electron chi connectivity index (χ1n) is 32.0. The zero-order chi connectivity index (χ0) is 57.1. The molecular formula is C73H116O6. The Balaban J connectivity index is 4.56. The maximum atomic E-state index is 12.9. The predicted molar refractivity (Wildman–Crippen MR) is 343 cm³/mol. The number of carbonyl (C=O) groups excluding carboxylic acids is 3. The molecule has 0 aliphatic heterocycles. The number of allylic oxidation sites excluding steroid dienone is 26. The van der Waals surface area contributed by atoms with Gasteiger partial charge in [-0.05, 0) is 116 Å². The summed E-state index contributed by atoms with van der Waals surface area (Å²) in [5.74, 6) is -1.04. The van der Waals surface area contributed by atoms with Crippen molar-refractivity contribution >= 4 is 17.9 Å². The normalized spacial score (nSPS) is 13.2. The van der Waals surface area contributed by atoms with Gasteiger partial charge in [0.1, 0.15) is 13.2 Å². The van der Waals surface area contributed by atoms with E-state index in [1.54, 1.807) is 0 Å². The van der Waals surface area contributed by atoms with Crippen LogP contribution in [0.4, 0.5) is 0 Å². The Labute approximate surface area is 486 Å². The Kier molecular flexibility index (Phi) is 61.4. The van der Waals surface area contributed by atoms with Crippen LogP contribution in [0.5, 0.6) is 0 Å². The van der Waals surface area contributed by atoms with Crippen LogP contribution < -0.4 is 0 Å². The Hall–Kier alpha value is -4.97. The second kappa shape index (κ2) is 65.5. The molecule has 79 heavy (non-hydrogen) atoms. The second-order valence-corrected chi connectivity index (χ2v) is 20.6. The van der Waals surface area contributed by atoms with Gasteiger partial charge in [-0.15, -0.1) is 0 Å². The summed E-state index contributed by atoms with van der Waals surface area (Å²) in [5, 5.41) is 0. The van der Waals surface area contributed by atoms with E-state index < -0.39 is 12.1 Å². The van der Waals surface area contributed by atoms with Crippen LogP contribution in [0.1, 0.15) is 265 Å². The van der Waals surface area contributed by atoms with Crippen molar-refractivity contribution < 1.29 is 28.6 Å². The molecule has 0 amide bonds. The Bertz CT molecular complexity index is 1780. The third kappa shape index (κ3) is 63.7. The fourth-order valence-corrected chi connectivity index (χ4v) is 8.33. The van der Waals surface area contributed by atoms with Gasteiger partial charge in [0.2, 0.25) is 0 Å². The molecule has 0 aromatic rings. The van der Waals surface area contributed by atoms with Crippen molar-refractivity contribution in [3.63, 3.8) is 0 Å². The summed E-state index contributed by atoms with van der Waals surface area (Å²) >= 11 is 0. The van der Waals surface area contributed by atoms with E-state index in [-0.39, 0.29) is 31.6 Å². The van der Waals surface area contributed by atoms with Crippen LogP contribution in [0.15, 0.2) is 158 Å². The van der Waals surface area contributed by atoms with Gasteiger partial charge in [-0.3, -0.25) is 14.4 Å². The van der Waals surface area contributed by atoms with Gasteiger partial charge in [-0.2, -0.15) is 0 Å². The number of unbranched alkanes of at least 4 members (excludes halogenated alkanes) is 19. The van der Waals surface area contributed by atoms with E-state index in [4.69, 9.17) is 14.2 Å². The first-order chi connectivity index (χ1) is 39.0. The van der Waals surface area contributed by atoms with E-state index >= 15 is 0 Å². The van der Waals surface area contributed by atoms with E-state index in [2.05, 4.69) is 167 Å². The number of rotatable bonds is 56. The highest BCUT2D eigenvalue weighted by molar-refractivity contribution is 5.71. The maximum Gasteiger partial charge on any atom is 0.306 e. The van der Waals surface area contributed by atoms with Crippen LogP contribution in [-0.2, 0) is 28.6 Å². The third-order valence-corrected chi connectivity index (χ3v) is 13.0. The molecule has 0 spiro atoms. The van der Waals surface area contributed by atoms with Gasteiger partial charge in [0.15, 0.2) is 6.10 Å². The Morgan fingerprint density at radius 3 is 0.823 bits per heavy atom. The molecule has 0 saturated heterocycles. The summed E-state index contributed by atoms with van der Waals surface area (Å²) in [6.07, 6.45) is 95.4. The summed E-state index contributed by atoms with van der Waals surface area (Å²) < 4.78 is 16.8. The molecule has 0 N–H and O–H groups in total. The number of ether oxygens (including phenoxy) is 3. The summed E-state index contributed by atoms with van der Waals surface area (Å²) in [4.78, 5) is 38.3. The summed E-state index contributed by atoms with van der Waals surface area (Å²) in [6.45, 7) is 6.33. The summed E-state index contributed by atoms with van der Waals surface area (Å²) in [5.41, 5.74) is 0. The maximum absolute atomic E-state index is 12.9. The Morgan fingerprint density at radius 1 is 0.266 bits per heavy atom. The molecule has 0 aliphatic rings. The van der Waals surface area contributed by atoms with Crippen molar-refractivity contribution in [2.24, 2.45) is 0 Å². The van der Waals surface area contributed by atoms with E-state index in [0.717, 1.165) is 128 Å². The van der Waals surface area contributed by atoms with Crippen LogP contribution >= 0.6 is 0 Å². The zero-order valence-corrected chi connectivity index (χ0v) is 50.8. The Morgan fingerprint density at radius 2 is 0.519 bits per heavy atom. The minimum atomic E-state index is -0.840. The average Bonchev–Trinajstić information content (AvgIpc) is 3.45. The lowest BCUT2D eigenvalue weighted by Gasteiger charge is -2.18. The fourth-order valence-electron chi connectivity index (χ4n) is 8.33. The first-order valence-corrected chi connectivity index (χ1v) is 32.0. The van der Waals surface area contributed by atoms with Gasteiger partial charge in [-0.1, -0.05) is 288 Å². The van der Waals surface area contributed by atoms with Crippen molar-refractivity contribution in [3.05, 3.63) is 158 Å². The molecule has 0 radical (unpaired) electrons. The minimum absolute atomic E-state index is 0.123. The van der Waals surface area contributed by atoms with Crippen LogP contribution in [-0.4, -0.2) is 37.2 Å². The molecule has 0 aliphatic carbocycles. The van der Waals surface area contributed by atoms with Gasteiger partial charge >= 0.3 is 17.9 Å². The molecular weight excluding hydrogens is 973 g/mol. The molecule has 6 nitrogen and oxygen atoms in total. The van der Waals surface area contributed by atoms with Gasteiger partial charge in [0.05, 0.1) is 0 Å². The molecule has 444 valence electrons. The minimum Gasteiger partial charge on any atom is -0.462 e. The number of hydrogen-bond acceptors (Lipinski definition) is 6. The lowest BCUT2D eigenvalue weighted by Crippen LogP contribution is -2.30. The van der Waals surface area contributed by atoms with Crippen LogP contribution in [0.25, 0.3) is 0 Å². The van der Waals surface area contributed by atoms with E-state index in [0.29, 0.717) is 19.3 Å². The van der Waals surface area contributed by atoms with E-state index in [9.17, 15) is 14.4 Å². The molecule has 6 heteroatoms. The molecule has 1 unspecified atom stereocenters. The number of esters is 3. The van der Waals surface area contributed by atoms with Crippen molar-refractivity contribution in [2.45, 2.75) is 271 Å². The van der Waals surface area contributed by atoms with Gasteiger partial charge in [-0.25, -0.2) is 0 Å². The van der Waals surface area contributed by atoms with Crippen LogP contribution in [0.2, 0.25) is 0 Å². The fraction of sp³-hybridized carbons (Fsp3) is 0.603. The highest BCUT2D eigenvalue weighted by atomic mass is 16.6. The average molecular weight is 1090 g/mol. The van der Waals surface area contributed by atoms with Crippen molar-refractivity contribution in [2.75, 3.05) is 13.2 Å². The van der Waals surface area contributed by atoms with Gasteiger partial charge < -0.3 is 14.2 Å². The topological polar surface area (TPSA) is 78.9 Å². The molecule has 0 aromatic heterocycles. The molecule has 0 bridgehead atoms. The van der Waals surface area contributed by atoms with E-state index in [1.807, 2.05) is 12.2 Å². The molecule has 0 heterocycles.